The number of nitrogens with one attached hydrogen (secondary N) is 1. The molecular formula is C21H27N3O5. The fraction of sp³-hybridized carbons (Fsp3) is 0.524. The summed E-state index contributed by atoms with van der Waals surface area (Å²) in [5, 5.41) is 2.69. The zero-order chi connectivity index (χ0) is 21.3. The molecule has 0 bridgehead atoms. The van der Waals surface area contributed by atoms with E-state index in [1.807, 2.05) is 20.8 Å². The Morgan fingerprint density at radius 1 is 1.24 bits per heavy atom. The molecule has 3 rings (SSSR count). The molecule has 0 radical (unpaired) electrons. The third kappa shape index (κ3) is 3.59. The van der Waals surface area contributed by atoms with Crippen molar-refractivity contribution >= 4 is 29.4 Å². The number of esters is 1. The monoisotopic (exact) mass is 401 g/mol. The van der Waals surface area contributed by atoms with Crippen LogP contribution in [0.25, 0.3) is 0 Å². The van der Waals surface area contributed by atoms with Gasteiger partial charge in [0.1, 0.15) is 11.7 Å². The van der Waals surface area contributed by atoms with Gasteiger partial charge in [0, 0.05) is 19.4 Å². The highest BCUT2D eigenvalue weighted by Crippen LogP contribution is 2.43. The number of fused-ring (bicyclic) bond motifs is 3. The van der Waals surface area contributed by atoms with Gasteiger partial charge in [-0.05, 0) is 31.4 Å². The molecule has 8 nitrogen and oxygen atoms in total. The van der Waals surface area contributed by atoms with E-state index in [1.165, 1.54) is 7.11 Å². The summed E-state index contributed by atoms with van der Waals surface area (Å²) in [6.07, 6.45) is 0.870. The lowest BCUT2D eigenvalue weighted by molar-refractivity contribution is -0.146. The van der Waals surface area contributed by atoms with Gasteiger partial charge in [-0.1, -0.05) is 26.0 Å². The number of methoxy groups -OCH3 is 1. The van der Waals surface area contributed by atoms with E-state index in [9.17, 15) is 19.2 Å². The number of nitrogens with zero attached hydrogens (tertiary/aromatic N) is 2. The first-order valence-corrected chi connectivity index (χ1v) is 9.82. The Morgan fingerprint density at radius 2 is 1.93 bits per heavy atom. The van der Waals surface area contributed by atoms with Crippen LogP contribution in [0.2, 0.25) is 0 Å². The summed E-state index contributed by atoms with van der Waals surface area (Å²) in [4.78, 5) is 53.3. The summed E-state index contributed by atoms with van der Waals surface area (Å²) in [7, 11) is 1.28. The standard InChI is InChI=1S/C21H27N3O5/c1-13(2)18(20(28)29-4)22-16(25)10-12-23-19(27)14-7-5-6-8-15(14)24-17(26)9-11-21(23,24)3/h5-8,13,18H,9-12H2,1-4H3,(H,22,25)/t18-,21?/m0/s1. The first kappa shape index (κ1) is 20.8. The summed E-state index contributed by atoms with van der Waals surface area (Å²) in [6.45, 7) is 5.63. The Bertz CT molecular complexity index is 852. The molecule has 0 spiro atoms. The van der Waals surface area contributed by atoms with Crippen LogP contribution in [0.1, 0.15) is 50.4 Å². The lowest BCUT2D eigenvalue weighted by Crippen LogP contribution is -2.62. The smallest absolute Gasteiger partial charge is 0.328 e. The van der Waals surface area contributed by atoms with Crippen molar-refractivity contribution in [1.82, 2.24) is 10.2 Å². The maximum absolute atomic E-state index is 13.2. The zero-order valence-electron chi connectivity index (χ0n) is 17.2. The van der Waals surface area contributed by atoms with Crippen molar-refractivity contribution in [3.05, 3.63) is 29.8 Å². The third-order valence-electron chi connectivity index (χ3n) is 5.75. The Kier molecular flexibility index (Phi) is 5.64. The van der Waals surface area contributed by atoms with Crippen LogP contribution in [0, 0.1) is 5.92 Å². The number of benzene rings is 1. The van der Waals surface area contributed by atoms with Crippen molar-refractivity contribution in [2.24, 2.45) is 5.92 Å². The Morgan fingerprint density at radius 3 is 2.59 bits per heavy atom. The van der Waals surface area contributed by atoms with Gasteiger partial charge in [-0.3, -0.25) is 19.3 Å². The van der Waals surface area contributed by atoms with Crippen molar-refractivity contribution < 1.29 is 23.9 Å². The fourth-order valence-corrected chi connectivity index (χ4v) is 4.13. The molecule has 1 aromatic carbocycles. The number of carbonyl (C=O) groups excluding carboxylic acids is 4. The molecule has 1 N–H and O–H groups in total. The van der Waals surface area contributed by atoms with Gasteiger partial charge in [-0.15, -0.1) is 0 Å². The predicted octanol–water partition coefficient (Wildman–Crippen LogP) is 1.69. The fourth-order valence-electron chi connectivity index (χ4n) is 4.13. The molecule has 0 saturated carbocycles. The number of amides is 3. The highest BCUT2D eigenvalue weighted by Gasteiger charge is 2.52. The van der Waals surface area contributed by atoms with Gasteiger partial charge >= 0.3 is 5.97 Å². The highest BCUT2D eigenvalue weighted by molar-refractivity contribution is 6.10. The van der Waals surface area contributed by atoms with E-state index in [1.54, 1.807) is 34.1 Å². The number of hydrogen-bond acceptors (Lipinski definition) is 5. The largest absolute Gasteiger partial charge is 0.467 e. The van der Waals surface area contributed by atoms with Gasteiger partial charge in [0.05, 0.1) is 18.4 Å². The van der Waals surface area contributed by atoms with E-state index in [2.05, 4.69) is 5.32 Å². The normalized spacial score (nSPS) is 21.7. The number of hydrogen-bond donors (Lipinski definition) is 1. The topological polar surface area (TPSA) is 96.0 Å². The van der Waals surface area contributed by atoms with Crippen LogP contribution in [0.15, 0.2) is 24.3 Å². The molecule has 1 unspecified atom stereocenters. The molecule has 1 aromatic rings. The number of rotatable bonds is 6. The highest BCUT2D eigenvalue weighted by atomic mass is 16.5. The van der Waals surface area contributed by atoms with Gasteiger partial charge in [0.15, 0.2) is 0 Å². The quantitative estimate of drug-likeness (QED) is 0.732. The van der Waals surface area contributed by atoms with Gasteiger partial charge in [-0.25, -0.2) is 4.79 Å². The first-order chi connectivity index (χ1) is 13.7. The van der Waals surface area contributed by atoms with Crippen LogP contribution < -0.4 is 10.2 Å². The second kappa shape index (κ2) is 7.85. The second-order valence-electron chi connectivity index (χ2n) is 7.98. The van der Waals surface area contributed by atoms with E-state index >= 15 is 0 Å². The number of anilines is 1. The Labute approximate surface area is 170 Å². The molecule has 2 aliphatic rings. The van der Waals surface area contributed by atoms with Crippen molar-refractivity contribution in [3.63, 3.8) is 0 Å². The summed E-state index contributed by atoms with van der Waals surface area (Å²) in [5.74, 6) is -1.21. The van der Waals surface area contributed by atoms with Crippen molar-refractivity contribution in [2.45, 2.75) is 51.7 Å². The van der Waals surface area contributed by atoms with Crippen molar-refractivity contribution in [1.29, 1.82) is 0 Å². The molecule has 8 heteroatoms. The number of carbonyl (C=O) groups is 4. The van der Waals surface area contributed by atoms with Crippen LogP contribution in [0.4, 0.5) is 5.69 Å². The molecule has 156 valence electrons. The summed E-state index contributed by atoms with van der Waals surface area (Å²) in [6, 6.07) is 6.30. The third-order valence-corrected chi connectivity index (χ3v) is 5.75. The van der Waals surface area contributed by atoms with Crippen LogP contribution >= 0.6 is 0 Å². The minimum Gasteiger partial charge on any atom is -0.467 e. The van der Waals surface area contributed by atoms with Gasteiger partial charge in [0.2, 0.25) is 11.8 Å². The Balaban J connectivity index is 1.79. The molecule has 2 aliphatic heterocycles. The second-order valence-corrected chi connectivity index (χ2v) is 7.98. The maximum Gasteiger partial charge on any atom is 0.328 e. The van der Waals surface area contributed by atoms with Crippen LogP contribution in [0.3, 0.4) is 0 Å². The van der Waals surface area contributed by atoms with E-state index in [0.29, 0.717) is 24.1 Å². The summed E-state index contributed by atoms with van der Waals surface area (Å²) in [5.41, 5.74) is 0.270. The molecule has 1 saturated heterocycles. The van der Waals surface area contributed by atoms with Gasteiger partial charge < -0.3 is 15.0 Å². The number of ether oxygens (including phenoxy) is 1. The van der Waals surface area contributed by atoms with Crippen molar-refractivity contribution in [3.8, 4) is 0 Å². The molecule has 3 amide bonds. The summed E-state index contributed by atoms with van der Waals surface area (Å²) >= 11 is 0. The molecule has 0 aromatic heterocycles. The first-order valence-electron chi connectivity index (χ1n) is 9.82. The molecule has 1 fully saturated rings. The number of para-hydroxylation sites is 1. The summed E-state index contributed by atoms with van der Waals surface area (Å²) < 4.78 is 4.75. The Hall–Kier alpha value is -2.90. The van der Waals surface area contributed by atoms with Gasteiger partial charge in [0.25, 0.3) is 5.91 Å². The molecule has 0 aliphatic carbocycles. The van der Waals surface area contributed by atoms with E-state index < -0.39 is 17.7 Å². The molecular weight excluding hydrogens is 374 g/mol. The lowest BCUT2D eigenvalue weighted by Gasteiger charge is -2.48. The lowest BCUT2D eigenvalue weighted by atomic mass is 9.98. The minimum atomic E-state index is -0.803. The molecule has 2 heterocycles. The molecule has 29 heavy (non-hydrogen) atoms. The molecule has 2 atom stereocenters. The van der Waals surface area contributed by atoms with Crippen LogP contribution in [0.5, 0.6) is 0 Å². The van der Waals surface area contributed by atoms with E-state index in [4.69, 9.17) is 4.74 Å². The van der Waals surface area contributed by atoms with Crippen LogP contribution in [-0.4, -0.2) is 54.0 Å². The average molecular weight is 401 g/mol. The average Bonchev–Trinajstić information content (AvgIpc) is 3.00. The van der Waals surface area contributed by atoms with E-state index in [-0.39, 0.29) is 36.6 Å². The van der Waals surface area contributed by atoms with E-state index in [0.717, 1.165) is 0 Å². The van der Waals surface area contributed by atoms with Crippen LogP contribution in [-0.2, 0) is 19.1 Å². The maximum atomic E-state index is 13.2. The SMILES string of the molecule is COC(=O)[C@@H](NC(=O)CCN1C(=O)c2ccccc2N2C(=O)CCC12C)C(C)C. The minimum absolute atomic E-state index is 0.0196. The predicted molar refractivity (Wildman–Crippen MR) is 106 cm³/mol. The zero-order valence-corrected chi connectivity index (χ0v) is 17.2. The van der Waals surface area contributed by atoms with Gasteiger partial charge in [-0.2, -0.15) is 0 Å². The van der Waals surface area contributed by atoms with Crippen molar-refractivity contribution in [2.75, 3.05) is 18.6 Å².